The van der Waals surface area contributed by atoms with E-state index in [9.17, 15) is 14.7 Å². The van der Waals surface area contributed by atoms with Crippen molar-refractivity contribution in [3.63, 3.8) is 0 Å². The normalized spacial score (nSPS) is 10.1. The molecule has 0 heterocycles. The van der Waals surface area contributed by atoms with Crippen molar-refractivity contribution in [2.24, 2.45) is 0 Å². The lowest BCUT2D eigenvalue weighted by Crippen LogP contribution is -2.24. The molecule has 0 aliphatic heterocycles. The summed E-state index contributed by atoms with van der Waals surface area (Å²) in [7, 11) is 0. The average molecular weight is 269 g/mol. The van der Waals surface area contributed by atoms with Gasteiger partial charge in [0.15, 0.2) is 0 Å². The molecule has 0 aliphatic rings. The molecule has 5 heteroatoms. The maximum Gasteiger partial charge on any atom is 0.255 e. The Morgan fingerprint density at radius 2 is 1.85 bits per heavy atom. The number of para-hydroxylation sites is 1. The van der Waals surface area contributed by atoms with E-state index in [1.165, 1.54) is 12.1 Å². The van der Waals surface area contributed by atoms with Crippen LogP contribution in [0.5, 0.6) is 0 Å². The minimum absolute atomic E-state index is 0.0620. The predicted octanol–water partition coefficient (Wildman–Crippen LogP) is 1.19. The second-order valence-corrected chi connectivity index (χ2v) is 4.36. The van der Waals surface area contributed by atoms with Gasteiger partial charge in [-0.1, -0.05) is 18.2 Å². The summed E-state index contributed by atoms with van der Waals surface area (Å²) >= 11 is 0. The Labute approximate surface area is 116 Å². The van der Waals surface area contributed by atoms with Gasteiger partial charge in [0.2, 0.25) is 0 Å². The molecule has 0 spiro atoms. The van der Waals surface area contributed by atoms with Crippen molar-refractivity contribution in [1.82, 2.24) is 0 Å². The van der Waals surface area contributed by atoms with E-state index in [1.54, 1.807) is 37.3 Å². The maximum atomic E-state index is 12.1. The Kier molecular flexibility index (Phi) is 3.70. The van der Waals surface area contributed by atoms with Crippen LogP contribution in [0, 0.1) is 6.92 Å². The summed E-state index contributed by atoms with van der Waals surface area (Å²) in [6, 6.07) is 10.9. The molecular weight excluding hydrogens is 256 g/mol. The van der Waals surface area contributed by atoms with Crippen LogP contribution in [-0.4, -0.2) is 11.9 Å². The lowest BCUT2D eigenvalue weighted by Gasteiger charge is -2.12. The lowest BCUT2D eigenvalue weighted by molar-refractivity contribution is -0.254. The van der Waals surface area contributed by atoms with Gasteiger partial charge in [-0.15, -0.1) is 0 Å². The number of nitrogens with two attached hydrogens (primary N) is 1. The number of carboxylic acids is 1. The van der Waals surface area contributed by atoms with Crippen molar-refractivity contribution in [3.05, 3.63) is 59.2 Å². The zero-order valence-corrected chi connectivity index (χ0v) is 10.8. The minimum atomic E-state index is -1.34. The number of hydrogen-bond donors (Lipinski definition) is 2. The van der Waals surface area contributed by atoms with E-state index in [4.69, 9.17) is 5.73 Å². The van der Waals surface area contributed by atoms with E-state index in [0.717, 1.165) is 5.56 Å². The fourth-order valence-corrected chi connectivity index (χ4v) is 1.78. The van der Waals surface area contributed by atoms with E-state index >= 15 is 0 Å². The zero-order valence-electron chi connectivity index (χ0n) is 10.8. The minimum Gasteiger partial charge on any atom is -0.545 e. The molecule has 102 valence electrons. The summed E-state index contributed by atoms with van der Waals surface area (Å²) in [4.78, 5) is 23.0. The number of carboxylic acid groups (broad SMARTS) is 1. The Hall–Kier alpha value is -2.82. The van der Waals surface area contributed by atoms with Crippen LogP contribution in [0.3, 0.4) is 0 Å². The van der Waals surface area contributed by atoms with Gasteiger partial charge in [-0.3, -0.25) is 4.79 Å². The van der Waals surface area contributed by atoms with Crippen LogP contribution in [0.25, 0.3) is 0 Å². The van der Waals surface area contributed by atoms with Gasteiger partial charge in [-0.05, 0) is 36.8 Å². The summed E-state index contributed by atoms with van der Waals surface area (Å²) in [5, 5.41) is 13.5. The van der Waals surface area contributed by atoms with Gasteiger partial charge in [0.25, 0.3) is 5.91 Å². The van der Waals surface area contributed by atoms with Crippen molar-refractivity contribution < 1.29 is 14.7 Å². The number of nitrogens with one attached hydrogen (secondary N) is 1. The molecule has 0 fully saturated rings. The lowest BCUT2D eigenvalue weighted by atomic mass is 10.1. The standard InChI is InChI=1S/C15H14N2O3/c1-9-8-10(6-7-12(9)16)14(18)17-13-5-3-2-4-11(13)15(19)20/h2-8H,16H2,1H3,(H,17,18)(H,19,20)/p-1. The molecule has 2 aromatic carbocycles. The molecule has 2 rings (SSSR count). The Bertz CT molecular complexity index is 681. The zero-order chi connectivity index (χ0) is 14.7. The molecule has 0 saturated heterocycles. The van der Waals surface area contributed by atoms with Crippen LogP contribution in [0.15, 0.2) is 42.5 Å². The fraction of sp³-hybridized carbons (Fsp3) is 0.0667. The Balaban J connectivity index is 2.28. The highest BCUT2D eigenvalue weighted by atomic mass is 16.4. The molecule has 0 atom stereocenters. The van der Waals surface area contributed by atoms with Crippen LogP contribution in [0.4, 0.5) is 11.4 Å². The van der Waals surface area contributed by atoms with Gasteiger partial charge in [0, 0.05) is 16.8 Å². The molecule has 0 radical (unpaired) electrons. The van der Waals surface area contributed by atoms with Crippen molar-refractivity contribution in [3.8, 4) is 0 Å². The Morgan fingerprint density at radius 3 is 2.50 bits per heavy atom. The second-order valence-electron chi connectivity index (χ2n) is 4.36. The van der Waals surface area contributed by atoms with Gasteiger partial charge in [-0.2, -0.15) is 0 Å². The van der Waals surface area contributed by atoms with Gasteiger partial charge >= 0.3 is 0 Å². The molecule has 2 aromatic rings. The monoisotopic (exact) mass is 269 g/mol. The first-order valence-electron chi connectivity index (χ1n) is 5.97. The highest BCUT2D eigenvalue weighted by molar-refractivity contribution is 6.07. The smallest absolute Gasteiger partial charge is 0.255 e. The highest BCUT2D eigenvalue weighted by Crippen LogP contribution is 2.17. The summed E-state index contributed by atoms with van der Waals surface area (Å²) in [5.41, 5.74) is 7.61. The van der Waals surface area contributed by atoms with E-state index in [2.05, 4.69) is 5.32 Å². The number of carbonyl (C=O) groups excluding carboxylic acids is 2. The van der Waals surface area contributed by atoms with Crippen LogP contribution in [0.1, 0.15) is 26.3 Å². The number of anilines is 2. The third-order valence-corrected chi connectivity index (χ3v) is 2.93. The largest absolute Gasteiger partial charge is 0.545 e. The molecule has 1 amide bonds. The van der Waals surface area contributed by atoms with Crippen molar-refractivity contribution in [2.75, 3.05) is 11.1 Å². The van der Waals surface area contributed by atoms with Crippen molar-refractivity contribution in [2.45, 2.75) is 6.92 Å². The van der Waals surface area contributed by atoms with Gasteiger partial charge < -0.3 is 21.0 Å². The van der Waals surface area contributed by atoms with Crippen LogP contribution in [0.2, 0.25) is 0 Å². The molecule has 0 bridgehead atoms. The second kappa shape index (κ2) is 5.44. The molecule has 0 unspecified atom stereocenters. The maximum absolute atomic E-state index is 12.1. The first-order chi connectivity index (χ1) is 9.49. The number of amides is 1. The number of aryl methyl sites for hydroxylation is 1. The summed E-state index contributed by atoms with van der Waals surface area (Å²) in [6.45, 7) is 1.79. The van der Waals surface area contributed by atoms with Crippen LogP contribution >= 0.6 is 0 Å². The average Bonchev–Trinajstić information content (AvgIpc) is 2.42. The van der Waals surface area contributed by atoms with Crippen LogP contribution < -0.4 is 16.2 Å². The molecule has 20 heavy (non-hydrogen) atoms. The molecule has 0 aliphatic carbocycles. The first kappa shape index (κ1) is 13.6. The summed E-state index contributed by atoms with van der Waals surface area (Å²) in [5.74, 6) is -1.74. The first-order valence-corrected chi connectivity index (χ1v) is 5.97. The fourth-order valence-electron chi connectivity index (χ4n) is 1.78. The van der Waals surface area contributed by atoms with Crippen molar-refractivity contribution in [1.29, 1.82) is 0 Å². The third kappa shape index (κ3) is 2.77. The predicted molar refractivity (Wildman–Crippen MR) is 74.3 cm³/mol. The summed E-state index contributed by atoms with van der Waals surface area (Å²) < 4.78 is 0. The SMILES string of the molecule is Cc1cc(C(=O)Nc2ccccc2C(=O)[O-])ccc1N. The van der Waals surface area contributed by atoms with Crippen LogP contribution in [-0.2, 0) is 0 Å². The quantitative estimate of drug-likeness (QED) is 0.818. The molecule has 0 saturated carbocycles. The number of rotatable bonds is 3. The third-order valence-electron chi connectivity index (χ3n) is 2.93. The number of aromatic carboxylic acids is 1. The van der Waals surface area contributed by atoms with E-state index in [1.807, 2.05) is 0 Å². The van der Waals surface area contributed by atoms with E-state index in [-0.39, 0.29) is 11.3 Å². The molecule has 3 N–H and O–H groups in total. The topological polar surface area (TPSA) is 95.2 Å². The molecule has 5 nitrogen and oxygen atoms in total. The molecule has 0 aromatic heterocycles. The number of benzene rings is 2. The van der Waals surface area contributed by atoms with Gasteiger partial charge in [0.1, 0.15) is 0 Å². The number of hydrogen-bond acceptors (Lipinski definition) is 4. The molecular formula is C15H13N2O3-. The van der Waals surface area contributed by atoms with Gasteiger partial charge in [-0.25, -0.2) is 0 Å². The summed E-state index contributed by atoms with van der Waals surface area (Å²) in [6.07, 6.45) is 0. The van der Waals surface area contributed by atoms with E-state index < -0.39 is 11.9 Å². The highest BCUT2D eigenvalue weighted by Gasteiger charge is 2.10. The number of nitrogen functional groups attached to an aromatic ring is 1. The van der Waals surface area contributed by atoms with E-state index in [0.29, 0.717) is 11.3 Å². The Morgan fingerprint density at radius 1 is 1.15 bits per heavy atom. The number of carbonyl (C=O) groups is 2. The van der Waals surface area contributed by atoms with Gasteiger partial charge in [0.05, 0.1) is 11.7 Å². The van der Waals surface area contributed by atoms with Crippen molar-refractivity contribution >= 4 is 23.3 Å².